The van der Waals surface area contributed by atoms with Crippen molar-refractivity contribution >= 4 is 23.0 Å². The van der Waals surface area contributed by atoms with Crippen molar-refractivity contribution in [3.05, 3.63) is 18.1 Å². The van der Waals surface area contributed by atoms with Crippen molar-refractivity contribution < 1.29 is 0 Å². The van der Waals surface area contributed by atoms with Gasteiger partial charge in [-0.25, -0.2) is 9.97 Å². The van der Waals surface area contributed by atoms with Gasteiger partial charge < -0.3 is 11.1 Å². The van der Waals surface area contributed by atoms with Crippen LogP contribution in [0.3, 0.4) is 0 Å². The Balaban J connectivity index is 2.07. The Morgan fingerprint density at radius 2 is 2.22 bits per heavy atom. The highest BCUT2D eigenvalue weighted by Crippen LogP contribution is 2.28. The van der Waals surface area contributed by atoms with Crippen LogP contribution in [-0.4, -0.2) is 21.0 Å². The minimum atomic E-state index is 0.299. The molecule has 1 aliphatic carbocycles. The van der Waals surface area contributed by atoms with Crippen molar-refractivity contribution in [2.45, 2.75) is 45.1 Å². The van der Waals surface area contributed by atoms with Gasteiger partial charge in [-0.2, -0.15) is 0 Å². The maximum Gasteiger partial charge on any atom is 0.155 e. The summed E-state index contributed by atoms with van der Waals surface area (Å²) in [6.07, 6.45) is 9.55. The van der Waals surface area contributed by atoms with Crippen LogP contribution in [0, 0.1) is 5.92 Å². The van der Waals surface area contributed by atoms with Crippen molar-refractivity contribution in [2.75, 3.05) is 5.32 Å². The predicted octanol–water partition coefficient (Wildman–Crippen LogP) is 2.49. The Kier molecular flexibility index (Phi) is 4.47. The first-order valence-corrected chi connectivity index (χ1v) is 6.99. The fourth-order valence-corrected chi connectivity index (χ4v) is 2.76. The molecule has 1 aliphatic rings. The monoisotopic (exact) mass is 264 g/mol. The molecule has 0 aliphatic heterocycles. The van der Waals surface area contributed by atoms with Crippen molar-refractivity contribution in [1.29, 1.82) is 0 Å². The van der Waals surface area contributed by atoms with Gasteiger partial charge in [-0.1, -0.05) is 38.4 Å². The summed E-state index contributed by atoms with van der Waals surface area (Å²) in [4.78, 5) is 8.79. The molecule has 3 N–H and O–H groups in total. The third kappa shape index (κ3) is 3.16. The Labute approximate surface area is 113 Å². The van der Waals surface area contributed by atoms with Crippen LogP contribution in [0.1, 0.15) is 44.7 Å². The first-order chi connectivity index (χ1) is 8.70. The van der Waals surface area contributed by atoms with Crippen molar-refractivity contribution in [3.8, 4) is 0 Å². The molecular weight excluding hydrogens is 244 g/mol. The molecule has 98 valence electrons. The molecule has 1 saturated carbocycles. The van der Waals surface area contributed by atoms with E-state index >= 15 is 0 Å². The Bertz CT molecular complexity index is 421. The molecule has 0 aromatic carbocycles. The molecule has 0 saturated heterocycles. The lowest BCUT2D eigenvalue weighted by atomic mass is 9.84. The van der Waals surface area contributed by atoms with Crippen LogP contribution in [0.5, 0.6) is 0 Å². The molecule has 5 heteroatoms. The summed E-state index contributed by atoms with van der Waals surface area (Å²) in [5, 5.41) is 3.45. The van der Waals surface area contributed by atoms with Crippen LogP contribution in [0.4, 0.5) is 5.82 Å². The van der Waals surface area contributed by atoms with E-state index in [9.17, 15) is 0 Å². The maximum absolute atomic E-state index is 5.66. The predicted molar refractivity (Wildman–Crippen MR) is 77.6 cm³/mol. The van der Waals surface area contributed by atoms with Crippen LogP contribution in [-0.2, 0) is 0 Å². The Morgan fingerprint density at radius 1 is 1.44 bits per heavy atom. The van der Waals surface area contributed by atoms with E-state index in [2.05, 4.69) is 22.2 Å². The van der Waals surface area contributed by atoms with E-state index in [-0.39, 0.29) is 0 Å². The number of nitrogens with two attached hydrogens (primary N) is 1. The number of rotatable bonds is 4. The molecule has 1 aromatic heterocycles. The first kappa shape index (κ1) is 13.2. The molecule has 2 unspecified atom stereocenters. The molecule has 1 aromatic rings. The lowest BCUT2D eigenvalue weighted by Crippen LogP contribution is -2.29. The van der Waals surface area contributed by atoms with Crippen LogP contribution in [0.2, 0.25) is 0 Å². The van der Waals surface area contributed by atoms with Gasteiger partial charge in [0.1, 0.15) is 10.7 Å². The summed E-state index contributed by atoms with van der Waals surface area (Å²) in [6.45, 7) is 2.26. The summed E-state index contributed by atoms with van der Waals surface area (Å²) in [7, 11) is 0. The van der Waals surface area contributed by atoms with E-state index in [1.165, 1.54) is 32.1 Å². The van der Waals surface area contributed by atoms with Crippen LogP contribution < -0.4 is 11.1 Å². The number of nitrogens with zero attached hydrogens (tertiary/aromatic N) is 2. The highest BCUT2D eigenvalue weighted by molar-refractivity contribution is 7.80. The number of hydrogen-bond donors (Lipinski definition) is 2. The average Bonchev–Trinajstić information content (AvgIpc) is 2.39. The fraction of sp³-hybridized carbons (Fsp3) is 0.615. The normalized spacial score (nSPS) is 23.6. The Hall–Kier alpha value is -1.23. The number of hydrogen-bond acceptors (Lipinski definition) is 4. The number of anilines is 1. The van der Waals surface area contributed by atoms with Gasteiger partial charge in [0, 0.05) is 18.4 Å². The van der Waals surface area contributed by atoms with Gasteiger partial charge in [0.05, 0.1) is 0 Å². The fourth-order valence-electron chi connectivity index (χ4n) is 2.61. The smallest absolute Gasteiger partial charge is 0.155 e. The first-order valence-electron chi connectivity index (χ1n) is 6.58. The number of aromatic nitrogens is 2. The largest absolute Gasteiger partial charge is 0.388 e. The topological polar surface area (TPSA) is 63.8 Å². The zero-order valence-electron chi connectivity index (χ0n) is 10.7. The Morgan fingerprint density at radius 3 is 2.94 bits per heavy atom. The van der Waals surface area contributed by atoms with Gasteiger partial charge in [0.2, 0.25) is 0 Å². The van der Waals surface area contributed by atoms with Gasteiger partial charge in [-0.05, 0) is 18.8 Å². The van der Waals surface area contributed by atoms with Crippen molar-refractivity contribution in [3.63, 3.8) is 0 Å². The third-order valence-corrected chi connectivity index (χ3v) is 3.83. The molecule has 0 spiro atoms. The lowest BCUT2D eigenvalue weighted by molar-refractivity contribution is 0.327. The van der Waals surface area contributed by atoms with Crippen molar-refractivity contribution in [2.24, 2.45) is 11.7 Å². The molecule has 2 atom stereocenters. The molecule has 2 rings (SSSR count). The zero-order chi connectivity index (χ0) is 13.0. The quantitative estimate of drug-likeness (QED) is 0.818. The van der Waals surface area contributed by atoms with Gasteiger partial charge in [-0.15, -0.1) is 0 Å². The summed E-state index contributed by atoms with van der Waals surface area (Å²) in [5.74, 6) is 1.55. The molecule has 1 heterocycles. The maximum atomic E-state index is 5.66. The van der Waals surface area contributed by atoms with E-state index in [1.54, 1.807) is 12.4 Å². The molecular formula is C13H20N4S. The van der Waals surface area contributed by atoms with Crippen LogP contribution in [0.25, 0.3) is 0 Å². The van der Waals surface area contributed by atoms with Gasteiger partial charge in [0.15, 0.2) is 5.82 Å². The van der Waals surface area contributed by atoms with E-state index < -0.39 is 0 Å². The summed E-state index contributed by atoms with van der Waals surface area (Å²) < 4.78 is 0. The molecule has 4 nitrogen and oxygen atoms in total. The minimum Gasteiger partial charge on any atom is -0.388 e. The van der Waals surface area contributed by atoms with Crippen molar-refractivity contribution in [1.82, 2.24) is 9.97 Å². The highest BCUT2D eigenvalue weighted by Gasteiger charge is 2.22. The standard InChI is InChI=1S/C13H20N4S/c1-2-9-4-3-5-10(8-9)17-13-11(12(14)18)15-6-7-16-13/h6-7,9-10H,2-5,8H2,1H3,(H2,14,18)(H,16,17). The highest BCUT2D eigenvalue weighted by atomic mass is 32.1. The zero-order valence-corrected chi connectivity index (χ0v) is 11.5. The van der Waals surface area contributed by atoms with Crippen LogP contribution in [0.15, 0.2) is 12.4 Å². The minimum absolute atomic E-state index is 0.299. The van der Waals surface area contributed by atoms with E-state index in [0.717, 1.165) is 11.7 Å². The van der Waals surface area contributed by atoms with Gasteiger partial charge in [-0.3, -0.25) is 0 Å². The molecule has 1 fully saturated rings. The second-order valence-electron chi connectivity index (χ2n) is 4.90. The molecule has 18 heavy (non-hydrogen) atoms. The molecule has 0 radical (unpaired) electrons. The van der Waals surface area contributed by atoms with E-state index in [1.807, 2.05) is 0 Å². The summed E-state index contributed by atoms with van der Waals surface area (Å²) in [5.41, 5.74) is 6.26. The molecule has 0 amide bonds. The molecule has 0 bridgehead atoms. The average molecular weight is 264 g/mol. The van der Waals surface area contributed by atoms with E-state index in [4.69, 9.17) is 18.0 Å². The third-order valence-electron chi connectivity index (χ3n) is 3.63. The summed E-state index contributed by atoms with van der Waals surface area (Å²) >= 11 is 5.00. The second kappa shape index (κ2) is 6.09. The number of thiocarbonyl (C=S) groups is 1. The second-order valence-corrected chi connectivity index (χ2v) is 5.34. The van der Waals surface area contributed by atoms with E-state index in [0.29, 0.717) is 16.7 Å². The van der Waals surface area contributed by atoms with Gasteiger partial charge in [0.25, 0.3) is 0 Å². The van der Waals surface area contributed by atoms with Gasteiger partial charge >= 0.3 is 0 Å². The van der Waals surface area contributed by atoms with Crippen LogP contribution >= 0.6 is 12.2 Å². The lowest BCUT2D eigenvalue weighted by Gasteiger charge is -2.29. The SMILES string of the molecule is CCC1CCCC(Nc2nccnc2C(N)=S)C1. The summed E-state index contributed by atoms with van der Waals surface area (Å²) in [6, 6.07) is 0.466. The number of nitrogens with one attached hydrogen (secondary N) is 1.